The van der Waals surface area contributed by atoms with Crippen LogP contribution in [-0.2, 0) is 6.54 Å². The number of fused-ring (bicyclic) bond motifs is 1. The summed E-state index contributed by atoms with van der Waals surface area (Å²) in [4.78, 5) is 4.35. The van der Waals surface area contributed by atoms with E-state index in [1.807, 2.05) is 12.3 Å². The monoisotopic (exact) mass is 258 g/mol. The first-order chi connectivity index (χ1) is 8.92. The van der Waals surface area contributed by atoms with Crippen LogP contribution >= 0.6 is 11.8 Å². The normalized spacial score (nSPS) is 20.1. The van der Waals surface area contributed by atoms with Crippen molar-refractivity contribution >= 4 is 22.7 Å². The highest BCUT2D eigenvalue weighted by molar-refractivity contribution is 7.99. The van der Waals surface area contributed by atoms with Gasteiger partial charge in [-0.05, 0) is 42.4 Å². The molecule has 1 unspecified atom stereocenters. The van der Waals surface area contributed by atoms with Crippen molar-refractivity contribution in [1.82, 2.24) is 10.3 Å². The first-order valence-corrected chi connectivity index (χ1v) is 7.72. The Balaban J connectivity index is 1.66. The van der Waals surface area contributed by atoms with Crippen LogP contribution in [0, 0.1) is 0 Å². The third kappa shape index (κ3) is 2.85. The summed E-state index contributed by atoms with van der Waals surface area (Å²) in [6.07, 6.45) is 4.52. The Morgan fingerprint density at radius 1 is 1.33 bits per heavy atom. The second-order valence-electron chi connectivity index (χ2n) is 4.83. The minimum absolute atomic E-state index is 0.688. The summed E-state index contributed by atoms with van der Waals surface area (Å²) < 4.78 is 0. The molecule has 1 aliphatic heterocycles. The van der Waals surface area contributed by atoms with Gasteiger partial charge < -0.3 is 5.32 Å². The average molecular weight is 258 g/mol. The molecule has 18 heavy (non-hydrogen) atoms. The lowest BCUT2D eigenvalue weighted by Gasteiger charge is -2.22. The zero-order chi connectivity index (χ0) is 12.2. The Hall–Kier alpha value is -1.06. The molecule has 1 aromatic heterocycles. The Bertz CT molecular complexity index is 521. The molecular weight excluding hydrogens is 240 g/mol. The maximum Gasteiger partial charge on any atom is 0.0702 e. The number of benzene rings is 1. The molecule has 0 saturated carbocycles. The number of hydrogen-bond acceptors (Lipinski definition) is 3. The van der Waals surface area contributed by atoms with E-state index in [2.05, 4.69) is 46.3 Å². The second-order valence-corrected chi connectivity index (χ2v) is 5.98. The van der Waals surface area contributed by atoms with Crippen molar-refractivity contribution in [3.8, 4) is 0 Å². The van der Waals surface area contributed by atoms with Gasteiger partial charge in [0.25, 0.3) is 0 Å². The molecular formula is C15H18N2S. The van der Waals surface area contributed by atoms with E-state index in [-0.39, 0.29) is 0 Å². The fraction of sp³-hybridized carbons (Fsp3) is 0.400. The van der Waals surface area contributed by atoms with Crippen LogP contribution in [0.15, 0.2) is 36.5 Å². The van der Waals surface area contributed by atoms with Crippen molar-refractivity contribution in [3.05, 3.63) is 42.1 Å². The van der Waals surface area contributed by atoms with Crippen molar-refractivity contribution in [2.24, 2.45) is 0 Å². The molecule has 1 fully saturated rings. The molecule has 3 heteroatoms. The summed E-state index contributed by atoms with van der Waals surface area (Å²) in [6.45, 7) is 0.968. The molecule has 2 nitrogen and oxygen atoms in total. The van der Waals surface area contributed by atoms with Crippen LogP contribution in [0.3, 0.4) is 0 Å². The Morgan fingerprint density at radius 3 is 3.22 bits per heavy atom. The number of rotatable bonds is 3. The van der Waals surface area contributed by atoms with Crippen molar-refractivity contribution in [2.75, 3.05) is 11.5 Å². The predicted molar refractivity (Wildman–Crippen MR) is 78.9 cm³/mol. The number of nitrogens with one attached hydrogen (secondary N) is 1. The molecule has 94 valence electrons. The van der Waals surface area contributed by atoms with Crippen molar-refractivity contribution in [3.63, 3.8) is 0 Å². The van der Waals surface area contributed by atoms with Gasteiger partial charge in [-0.1, -0.05) is 12.1 Å². The highest BCUT2D eigenvalue weighted by atomic mass is 32.2. The number of thioether (sulfide) groups is 1. The summed E-state index contributed by atoms with van der Waals surface area (Å²) in [5, 5.41) is 4.89. The average Bonchev–Trinajstić information content (AvgIpc) is 2.46. The summed E-state index contributed by atoms with van der Waals surface area (Å²) in [7, 11) is 0. The van der Waals surface area contributed by atoms with Crippen LogP contribution in [0.5, 0.6) is 0 Å². The van der Waals surface area contributed by atoms with Crippen LogP contribution in [-0.4, -0.2) is 22.5 Å². The molecule has 0 spiro atoms. The van der Waals surface area contributed by atoms with E-state index in [4.69, 9.17) is 0 Å². The first kappa shape index (κ1) is 12.0. The summed E-state index contributed by atoms with van der Waals surface area (Å²) in [6, 6.07) is 11.3. The number of nitrogens with zero attached hydrogens (tertiary/aromatic N) is 1. The molecule has 1 aliphatic rings. The lowest BCUT2D eigenvalue weighted by atomic mass is 10.1. The van der Waals surface area contributed by atoms with E-state index in [0.717, 1.165) is 12.1 Å². The highest BCUT2D eigenvalue weighted by Crippen LogP contribution is 2.18. The minimum Gasteiger partial charge on any atom is -0.309 e. The summed E-state index contributed by atoms with van der Waals surface area (Å²) >= 11 is 2.07. The van der Waals surface area contributed by atoms with Crippen molar-refractivity contribution in [2.45, 2.75) is 25.4 Å². The number of aromatic nitrogens is 1. The third-order valence-electron chi connectivity index (χ3n) is 3.42. The highest BCUT2D eigenvalue weighted by Gasteiger charge is 2.12. The Labute approximate surface area is 112 Å². The van der Waals surface area contributed by atoms with Crippen LogP contribution in [0.25, 0.3) is 10.9 Å². The quantitative estimate of drug-likeness (QED) is 0.915. The lowest BCUT2D eigenvalue weighted by Crippen LogP contribution is -2.33. The van der Waals surface area contributed by atoms with E-state index in [1.54, 1.807) is 0 Å². The Morgan fingerprint density at radius 2 is 2.33 bits per heavy atom. The van der Waals surface area contributed by atoms with Gasteiger partial charge in [-0.3, -0.25) is 4.98 Å². The van der Waals surface area contributed by atoms with E-state index in [0.29, 0.717) is 6.04 Å². The lowest BCUT2D eigenvalue weighted by molar-refractivity contribution is 0.508. The number of hydrogen-bond donors (Lipinski definition) is 1. The molecule has 2 heterocycles. The third-order valence-corrected chi connectivity index (χ3v) is 4.64. The largest absolute Gasteiger partial charge is 0.309 e. The fourth-order valence-electron chi connectivity index (χ4n) is 2.40. The molecule has 0 amide bonds. The molecule has 1 N–H and O–H groups in total. The van der Waals surface area contributed by atoms with Crippen molar-refractivity contribution in [1.29, 1.82) is 0 Å². The Kier molecular flexibility index (Phi) is 3.81. The molecule has 1 saturated heterocycles. The maximum atomic E-state index is 4.35. The van der Waals surface area contributed by atoms with Gasteiger partial charge in [-0.2, -0.15) is 11.8 Å². The summed E-state index contributed by atoms with van der Waals surface area (Å²) in [5.74, 6) is 2.59. The minimum atomic E-state index is 0.688. The summed E-state index contributed by atoms with van der Waals surface area (Å²) in [5.41, 5.74) is 2.43. The molecule has 0 aliphatic carbocycles. The molecule has 0 radical (unpaired) electrons. The van der Waals surface area contributed by atoms with Gasteiger partial charge in [-0.15, -0.1) is 0 Å². The van der Waals surface area contributed by atoms with Gasteiger partial charge in [-0.25, -0.2) is 0 Å². The zero-order valence-corrected chi connectivity index (χ0v) is 11.2. The molecule has 2 aromatic rings. The van der Waals surface area contributed by atoms with Gasteiger partial charge in [0.2, 0.25) is 0 Å². The molecule has 1 aromatic carbocycles. The fourth-order valence-corrected chi connectivity index (χ4v) is 3.51. The topological polar surface area (TPSA) is 24.9 Å². The van der Waals surface area contributed by atoms with Gasteiger partial charge >= 0.3 is 0 Å². The second kappa shape index (κ2) is 5.72. The molecule has 0 bridgehead atoms. The maximum absolute atomic E-state index is 4.35. The van der Waals surface area contributed by atoms with Gasteiger partial charge in [0.05, 0.1) is 5.52 Å². The van der Waals surface area contributed by atoms with E-state index >= 15 is 0 Å². The standard InChI is InChI=1S/C15H18N2S/c1-3-13-9-12(5-6-15(13)16-7-1)10-17-14-4-2-8-18-11-14/h1,3,5-7,9,14,17H,2,4,8,10-11H2. The van der Waals surface area contributed by atoms with E-state index in [9.17, 15) is 0 Å². The van der Waals surface area contributed by atoms with Crippen LogP contribution in [0.2, 0.25) is 0 Å². The predicted octanol–water partition coefficient (Wildman–Crippen LogP) is 3.22. The van der Waals surface area contributed by atoms with Crippen LogP contribution in [0.1, 0.15) is 18.4 Å². The van der Waals surface area contributed by atoms with Gasteiger partial charge in [0, 0.05) is 29.9 Å². The van der Waals surface area contributed by atoms with Crippen LogP contribution < -0.4 is 5.32 Å². The van der Waals surface area contributed by atoms with E-state index < -0.39 is 0 Å². The van der Waals surface area contributed by atoms with Crippen molar-refractivity contribution < 1.29 is 0 Å². The van der Waals surface area contributed by atoms with Gasteiger partial charge in [0.1, 0.15) is 0 Å². The number of pyridine rings is 1. The SMILES string of the molecule is c1cnc2ccc(CNC3CCCSC3)cc2c1. The molecule has 3 rings (SSSR count). The van der Waals surface area contributed by atoms with Gasteiger partial charge in [0.15, 0.2) is 0 Å². The molecule has 1 atom stereocenters. The smallest absolute Gasteiger partial charge is 0.0702 e. The zero-order valence-electron chi connectivity index (χ0n) is 10.4. The van der Waals surface area contributed by atoms with Crippen LogP contribution in [0.4, 0.5) is 0 Å². The van der Waals surface area contributed by atoms with E-state index in [1.165, 1.54) is 35.3 Å². The first-order valence-electron chi connectivity index (χ1n) is 6.56.